The zero-order chi connectivity index (χ0) is 11.6. The van der Waals surface area contributed by atoms with Crippen LogP contribution in [0.5, 0.6) is 0 Å². The van der Waals surface area contributed by atoms with Gasteiger partial charge in [-0.05, 0) is 6.07 Å². The number of hydrogen-bond acceptors (Lipinski definition) is 4. The molecule has 7 nitrogen and oxygen atoms in total. The van der Waals surface area contributed by atoms with E-state index in [1.165, 1.54) is 4.67 Å². The first-order valence-corrected chi connectivity index (χ1v) is 6.47. The molecule has 1 saturated heterocycles. The quantitative estimate of drug-likeness (QED) is 0.690. The van der Waals surface area contributed by atoms with Crippen LogP contribution in [0.15, 0.2) is 18.5 Å². The summed E-state index contributed by atoms with van der Waals surface area (Å²) in [5.41, 5.74) is 0. The Morgan fingerprint density at radius 3 is 2.19 bits per heavy atom. The largest absolute Gasteiger partial charge is 0.403 e. The molecule has 88 valence electrons. The van der Waals surface area contributed by atoms with Gasteiger partial charge in [0.25, 0.3) is 0 Å². The van der Waals surface area contributed by atoms with E-state index in [4.69, 9.17) is 9.79 Å². The zero-order valence-corrected chi connectivity index (χ0v) is 9.49. The van der Waals surface area contributed by atoms with Crippen LogP contribution >= 0.6 is 7.75 Å². The molecule has 0 atom stereocenters. The predicted molar refractivity (Wildman–Crippen MR) is 57.9 cm³/mol. The van der Waals surface area contributed by atoms with Crippen molar-refractivity contribution in [3.05, 3.63) is 18.5 Å². The van der Waals surface area contributed by atoms with E-state index in [1.54, 1.807) is 18.5 Å². The van der Waals surface area contributed by atoms with Crippen molar-refractivity contribution in [1.82, 2.24) is 14.6 Å². The molecule has 0 bridgehead atoms. The highest BCUT2D eigenvalue weighted by atomic mass is 31.2. The van der Waals surface area contributed by atoms with E-state index in [0.29, 0.717) is 32.1 Å². The minimum absolute atomic E-state index is 0.322. The molecule has 2 heterocycles. The van der Waals surface area contributed by atoms with Gasteiger partial charge in [-0.25, -0.2) is 19.2 Å². The Hall–Kier alpha value is -1.01. The summed E-state index contributed by atoms with van der Waals surface area (Å²) in [4.78, 5) is 28.1. The summed E-state index contributed by atoms with van der Waals surface area (Å²) in [5.74, 6) is 0.605. The normalized spacial score (nSPS) is 18.8. The molecule has 0 aliphatic carbocycles. The first-order valence-electron chi connectivity index (χ1n) is 4.90. The third kappa shape index (κ3) is 2.56. The molecule has 1 aliphatic heterocycles. The lowest BCUT2D eigenvalue weighted by Gasteiger charge is -2.34. The lowest BCUT2D eigenvalue weighted by Crippen LogP contribution is -2.45. The van der Waals surface area contributed by atoms with Gasteiger partial charge in [-0.15, -0.1) is 0 Å². The molecular weight excluding hydrogens is 231 g/mol. The number of hydrogen-bond donors (Lipinski definition) is 2. The van der Waals surface area contributed by atoms with Gasteiger partial charge in [0.15, 0.2) is 0 Å². The molecule has 2 N–H and O–H groups in total. The van der Waals surface area contributed by atoms with Gasteiger partial charge < -0.3 is 14.7 Å². The number of nitrogens with zero attached hydrogens (tertiary/aromatic N) is 4. The Morgan fingerprint density at radius 2 is 1.69 bits per heavy atom. The van der Waals surface area contributed by atoms with E-state index in [2.05, 4.69) is 9.97 Å². The van der Waals surface area contributed by atoms with Crippen LogP contribution < -0.4 is 4.90 Å². The summed E-state index contributed by atoms with van der Waals surface area (Å²) >= 11 is 0. The fraction of sp³-hybridized carbons (Fsp3) is 0.500. The third-order valence-electron chi connectivity index (χ3n) is 2.46. The first-order chi connectivity index (χ1) is 7.57. The van der Waals surface area contributed by atoms with Gasteiger partial charge in [-0.3, -0.25) is 0 Å². The van der Waals surface area contributed by atoms with E-state index >= 15 is 0 Å². The van der Waals surface area contributed by atoms with Crippen molar-refractivity contribution in [3.8, 4) is 0 Å². The van der Waals surface area contributed by atoms with Crippen molar-refractivity contribution in [2.45, 2.75) is 0 Å². The van der Waals surface area contributed by atoms with Gasteiger partial charge in [-0.1, -0.05) is 0 Å². The SMILES string of the molecule is O=P(O)(O)N1CCN(c2ncccn2)CC1. The van der Waals surface area contributed by atoms with E-state index in [-0.39, 0.29) is 0 Å². The van der Waals surface area contributed by atoms with E-state index in [9.17, 15) is 4.57 Å². The minimum atomic E-state index is -4.09. The number of anilines is 1. The molecule has 0 amide bonds. The Kier molecular flexibility index (Phi) is 3.20. The molecule has 0 spiro atoms. The number of rotatable bonds is 2. The van der Waals surface area contributed by atoms with Crippen LogP contribution in [0.3, 0.4) is 0 Å². The highest BCUT2D eigenvalue weighted by Crippen LogP contribution is 2.40. The Balaban J connectivity index is 1.98. The second-order valence-electron chi connectivity index (χ2n) is 3.50. The van der Waals surface area contributed by atoms with Gasteiger partial charge in [0.1, 0.15) is 0 Å². The van der Waals surface area contributed by atoms with Crippen LogP contribution in [-0.2, 0) is 4.57 Å². The van der Waals surface area contributed by atoms with Crippen molar-refractivity contribution >= 4 is 13.7 Å². The molecular formula is C8H13N4O3P. The summed E-state index contributed by atoms with van der Waals surface area (Å²) in [6.07, 6.45) is 3.30. The first kappa shape index (κ1) is 11.5. The summed E-state index contributed by atoms with van der Waals surface area (Å²) < 4.78 is 12.2. The fourth-order valence-corrected chi connectivity index (χ4v) is 2.31. The Labute approximate surface area is 93.0 Å². The van der Waals surface area contributed by atoms with Crippen molar-refractivity contribution in [2.24, 2.45) is 0 Å². The molecule has 0 saturated carbocycles. The predicted octanol–water partition coefficient (Wildman–Crippen LogP) is -0.309. The maximum atomic E-state index is 11.0. The lowest BCUT2D eigenvalue weighted by molar-refractivity contribution is 0.260. The standard InChI is InChI=1S/C8H13N4O3P/c13-16(14,15)12-6-4-11(5-7-12)8-9-2-1-3-10-8/h1-3H,4-7H2,(H2,13,14,15). The molecule has 1 aromatic rings. The van der Waals surface area contributed by atoms with Crippen LogP contribution in [0, 0.1) is 0 Å². The van der Waals surface area contributed by atoms with Gasteiger partial charge in [0, 0.05) is 38.6 Å². The smallest absolute Gasteiger partial charge is 0.338 e. The van der Waals surface area contributed by atoms with E-state index in [1.807, 2.05) is 4.90 Å². The highest BCUT2D eigenvalue weighted by Gasteiger charge is 2.29. The second kappa shape index (κ2) is 4.47. The van der Waals surface area contributed by atoms with Crippen LogP contribution in [0.2, 0.25) is 0 Å². The summed E-state index contributed by atoms with van der Waals surface area (Å²) in [6.45, 7) is 1.69. The zero-order valence-electron chi connectivity index (χ0n) is 8.60. The molecule has 0 unspecified atom stereocenters. The van der Waals surface area contributed by atoms with Gasteiger partial charge in [-0.2, -0.15) is 0 Å². The van der Waals surface area contributed by atoms with Crippen LogP contribution in [0.4, 0.5) is 5.95 Å². The number of piperazine rings is 1. The van der Waals surface area contributed by atoms with Crippen molar-refractivity contribution in [2.75, 3.05) is 31.1 Å². The maximum Gasteiger partial charge on any atom is 0.403 e. The highest BCUT2D eigenvalue weighted by molar-refractivity contribution is 7.49. The average Bonchev–Trinajstić information content (AvgIpc) is 2.29. The molecule has 1 fully saturated rings. The second-order valence-corrected chi connectivity index (χ2v) is 5.10. The monoisotopic (exact) mass is 244 g/mol. The third-order valence-corrected chi connectivity index (χ3v) is 3.60. The van der Waals surface area contributed by atoms with Crippen LogP contribution in [0.1, 0.15) is 0 Å². The summed E-state index contributed by atoms with van der Waals surface area (Å²) in [7, 11) is -4.09. The summed E-state index contributed by atoms with van der Waals surface area (Å²) in [6, 6.07) is 1.73. The van der Waals surface area contributed by atoms with Crippen LogP contribution in [-0.4, -0.2) is 50.6 Å². The molecule has 8 heteroatoms. The maximum absolute atomic E-state index is 11.0. The fourth-order valence-electron chi connectivity index (χ4n) is 1.61. The molecule has 0 aromatic carbocycles. The van der Waals surface area contributed by atoms with Gasteiger partial charge >= 0.3 is 7.75 Å². The molecule has 2 rings (SSSR count). The molecule has 1 aromatic heterocycles. The van der Waals surface area contributed by atoms with Crippen molar-refractivity contribution < 1.29 is 14.4 Å². The van der Waals surface area contributed by atoms with Crippen molar-refractivity contribution in [3.63, 3.8) is 0 Å². The Morgan fingerprint density at radius 1 is 1.12 bits per heavy atom. The summed E-state index contributed by atoms with van der Waals surface area (Å²) in [5, 5.41) is 0. The minimum Gasteiger partial charge on any atom is -0.338 e. The van der Waals surface area contributed by atoms with Crippen LogP contribution in [0.25, 0.3) is 0 Å². The van der Waals surface area contributed by atoms with Crippen molar-refractivity contribution in [1.29, 1.82) is 0 Å². The topological polar surface area (TPSA) is 89.8 Å². The molecule has 16 heavy (non-hydrogen) atoms. The van der Waals surface area contributed by atoms with Gasteiger partial charge in [0.2, 0.25) is 5.95 Å². The number of aromatic nitrogens is 2. The Bertz CT molecular complexity index is 388. The lowest BCUT2D eigenvalue weighted by atomic mass is 10.4. The van der Waals surface area contributed by atoms with E-state index in [0.717, 1.165) is 0 Å². The average molecular weight is 244 g/mol. The van der Waals surface area contributed by atoms with Gasteiger partial charge in [0.05, 0.1) is 0 Å². The molecule has 1 aliphatic rings. The molecule has 0 radical (unpaired) electrons. The van der Waals surface area contributed by atoms with E-state index < -0.39 is 7.75 Å².